The lowest BCUT2D eigenvalue weighted by atomic mass is 9.82. The average molecular weight is 920 g/mol. The minimum absolute atomic E-state index is 0.00969. The van der Waals surface area contributed by atoms with Gasteiger partial charge in [0.15, 0.2) is 0 Å². The van der Waals surface area contributed by atoms with Gasteiger partial charge in [-0.25, -0.2) is 4.79 Å². The number of nitrogens with one attached hydrogen (secondary N) is 7. The lowest BCUT2D eigenvalue weighted by molar-refractivity contribution is -0.274. The monoisotopic (exact) mass is 919 g/mol. The SMILES string of the molecule is CC(C)C[C@H](NC(=O)OCc1ccc(C2CNC(=O)[C@H](C[C@@H](C#N)NC(=O)[C@H](CC(C)C)NC(=O)c3cc4c(OC(F)(F)F)cccc4[nH]3)C2)cc1)C(=O)N[C@H](C#N)C[C@@H]1CCCNC1=O. The van der Waals surface area contributed by atoms with E-state index in [-0.39, 0.29) is 84.4 Å². The summed E-state index contributed by atoms with van der Waals surface area (Å²) in [6, 6.07) is 12.3. The molecular formula is C46H56F3N9O8. The number of nitrogens with zero attached hydrogens (tertiary/aromatic N) is 2. The molecule has 2 aromatic carbocycles. The normalized spacial score (nSPS) is 19.2. The van der Waals surface area contributed by atoms with E-state index in [9.17, 15) is 52.5 Å². The number of alkyl carbamates (subject to hydrolysis) is 1. The predicted molar refractivity (Wildman–Crippen MR) is 233 cm³/mol. The third-order valence-corrected chi connectivity index (χ3v) is 11.4. The molecule has 0 radical (unpaired) electrons. The quantitative estimate of drug-likeness (QED) is 0.0838. The summed E-state index contributed by atoms with van der Waals surface area (Å²) in [5.41, 5.74) is 1.61. The number of hydrogen-bond donors (Lipinski definition) is 7. The summed E-state index contributed by atoms with van der Waals surface area (Å²) in [5.74, 6) is -4.23. The summed E-state index contributed by atoms with van der Waals surface area (Å²) >= 11 is 0. The van der Waals surface area contributed by atoms with Crippen LogP contribution < -0.4 is 36.6 Å². The molecule has 0 aliphatic carbocycles. The van der Waals surface area contributed by atoms with Crippen molar-refractivity contribution in [3.8, 4) is 17.9 Å². The van der Waals surface area contributed by atoms with Crippen LogP contribution in [0.3, 0.4) is 0 Å². The first kappa shape index (κ1) is 50.2. The molecule has 5 rings (SSSR count). The summed E-state index contributed by atoms with van der Waals surface area (Å²) < 4.78 is 48.5. The van der Waals surface area contributed by atoms with E-state index in [1.807, 2.05) is 52.0 Å². The van der Waals surface area contributed by atoms with Gasteiger partial charge in [0.1, 0.15) is 42.2 Å². The molecule has 1 aromatic heterocycles. The number of H-pyrrole nitrogens is 1. The largest absolute Gasteiger partial charge is 0.573 e. The number of aromatic amines is 1. The van der Waals surface area contributed by atoms with Crippen LogP contribution in [0.15, 0.2) is 48.5 Å². The van der Waals surface area contributed by atoms with Gasteiger partial charge in [-0.15, -0.1) is 13.2 Å². The zero-order valence-corrected chi connectivity index (χ0v) is 37.2. The van der Waals surface area contributed by atoms with Crippen molar-refractivity contribution >= 4 is 46.5 Å². The highest BCUT2D eigenvalue weighted by Crippen LogP contribution is 2.32. The fourth-order valence-electron chi connectivity index (χ4n) is 8.15. The fraction of sp³-hybridized carbons (Fsp3) is 0.522. The number of nitriles is 2. The summed E-state index contributed by atoms with van der Waals surface area (Å²) in [5, 5.41) is 36.0. The molecule has 7 N–H and O–H groups in total. The highest BCUT2D eigenvalue weighted by atomic mass is 19.4. The van der Waals surface area contributed by atoms with E-state index >= 15 is 0 Å². The summed E-state index contributed by atoms with van der Waals surface area (Å²) in [6.45, 7) is 8.19. The Bertz CT molecular complexity index is 2300. The predicted octanol–water partition coefficient (Wildman–Crippen LogP) is 5.09. The molecule has 20 heteroatoms. The third kappa shape index (κ3) is 14.6. The van der Waals surface area contributed by atoms with Crippen LogP contribution in [-0.4, -0.2) is 84.2 Å². The average Bonchev–Trinajstić information content (AvgIpc) is 3.71. The number of piperidine rings is 2. The second-order valence-electron chi connectivity index (χ2n) is 17.6. The van der Waals surface area contributed by atoms with Crippen molar-refractivity contribution < 1.29 is 51.4 Å². The van der Waals surface area contributed by atoms with Gasteiger partial charge in [0.25, 0.3) is 5.91 Å². The van der Waals surface area contributed by atoms with Crippen LogP contribution in [0.1, 0.15) is 100 Å². The number of carbonyl (C=O) groups is 6. The van der Waals surface area contributed by atoms with E-state index < -0.39 is 66.0 Å². The molecule has 17 nitrogen and oxygen atoms in total. The number of halogens is 3. The van der Waals surface area contributed by atoms with Crippen LogP contribution in [-0.2, 0) is 30.5 Å². The van der Waals surface area contributed by atoms with Crippen LogP contribution in [0.5, 0.6) is 5.75 Å². The number of aromatic nitrogens is 1. The Morgan fingerprint density at radius 3 is 2.02 bits per heavy atom. The van der Waals surface area contributed by atoms with E-state index in [2.05, 4.69) is 41.6 Å². The number of amides is 6. The highest BCUT2D eigenvalue weighted by molar-refractivity contribution is 6.01. The molecule has 354 valence electrons. The minimum atomic E-state index is -4.96. The Hall–Kier alpha value is -6.83. The number of benzene rings is 2. The van der Waals surface area contributed by atoms with Crippen molar-refractivity contribution in [1.82, 2.24) is 36.9 Å². The number of ether oxygens (including phenoxy) is 2. The number of hydrogen-bond acceptors (Lipinski definition) is 10. The second kappa shape index (κ2) is 22.9. The molecule has 0 bridgehead atoms. The number of carbonyl (C=O) groups excluding carboxylic acids is 6. The molecule has 6 amide bonds. The van der Waals surface area contributed by atoms with Gasteiger partial charge in [0.2, 0.25) is 23.6 Å². The Balaban J connectivity index is 1.13. The van der Waals surface area contributed by atoms with Crippen molar-refractivity contribution in [1.29, 1.82) is 10.5 Å². The van der Waals surface area contributed by atoms with E-state index in [4.69, 9.17) is 4.74 Å². The van der Waals surface area contributed by atoms with Crippen LogP contribution in [0.25, 0.3) is 10.9 Å². The molecule has 2 saturated heterocycles. The van der Waals surface area contributed by atoms with Gasteiger partial charge in [-0.2, -0.15) is 10.5 Å². The van der Waals surface area contributed by atoms with Crippen molar-refractivity contribution in [2.45, 2.75) is 116 Å². The third-order valence-electron chi connectivity index (χ3n) is 11.4. The van der Waals surface area contributed by atoms with Crippen LogP contribution in [0, 0.1) is 46.3 Å². The molecule has 2 fully saturated rings. The lowest BCUT2D eigenvalue weighted by Crippen LogP contribution is -2.51. The first-order chi connectivity index (χ1) is 31.3. The van der Waals surface area contributed by atoms with Gasteiger partial charge in [-0.3, -0.25) is 24.0 Å². The van der Waals surface area contributed by atoms with Crippen LogP contribution in [0.4, 0.5) is 18.0 Å². The van der Waals surface area contributed by atoms with Crippen molar-refractivity contribution in [2.24, 2.45) is 23.7 Å². The van der Waals surface area contributed by atoms with Crippen molar-refractivity contribution in [3.63, 3.8) is 0 Å². The molecule has 2 aliphatic rings. The maximum Gasteiger partial charge on any atom is 0.573 e. The van der Waals surface area contributed by atoms with Gasteiger partial charge in [0, 0.05) is 41.7 Å². The Morgan fingerprint density at radius 2 is 1.42 bits per heavy atom. The van der Waals surface area contributed by atoms with Gasteiger partial charge in [-0.05, 0) is 86.1 Å². The summed E-state index contributed by atoms with van der Waals surface area (Å²) in [4.78, 5) is 81.0. The first-order valence-electron chi connectivity index (χ1n) is 22.0. The summed E-state index contributed by atoms with van der Waals surface area (Å²) in [7, 11) is 0. The van der Waals surface area contributed by atoms with E-state index in [1.165, 1.54) is 18.2 Å². The maximum atomic E-state index is 13.6. The van der Waals surface area contributed by atoms with E-state index in [1.54, 1.807) is 12.1 Å². The minimum Gasteiger partial charge on any atom is -0.445 e. The molecule has 7 atom stereocenters. The highest BCUT2D eigenvalue weighted by Gasteiger charge is 2.35. The van der Waals surface area contributed by atoms with Gasteiger partial charge in [-0.1, -0.05) is 58.0 Å². The van der Waals surface area contributed by atoms with E-state index in [0.717, 1.165) is 18.1 Å². The van der Waals surface area contributed by atoms with E-state index in [0.29, 0.717) is 31.5 Å². The molecule has 3 aromatic rings. The molecule has 0 spiro atoms. The molecule has 0 saturated carbocycles. The van der Waals surface area contributed by atoms with Crippen molar-refractivity contribution in [3.05, 3.63) is 65.4 Å². The molecule has 2 aliphatic heterocycles. The zero-order valence-electron chi connectivity index (χ0n) is 37.2. The smallest absolute Gasteiger partial charge is 0.445 e. The Kier molecular flexibility index (Phi) is 17.4. The maximum absolute atomic E-state index is 13.6. The standard InChI is InChI=1S/C46H56F3N9O8/c1-25(2)15-36(57-44(63)38-20-34-35(56-38)8-5-9-39(34)66-46(47,48)49)42(61)55-33(22-51)19-30-17-31(23-53-41(30)60)28-12-10-27(11-13-28)24-65-45(64)58-37(16-26(3)4)43(62)54-32(21-50)18-29-7-6-14-52-40(29)59/h5,8-13,20,25-26,29-33,36-37,56H,6-7,14-19,23-24H2,1-4H3,(H,52,59)(H,53,60)(H,54,62)(H,55,61)(H,57,63)(H,58,64)/t29-,30-,31?,32-,33-,36-,37-/m0/s1. The topological polar surface area (TPSA) is 256 Å². The van der Waals surface area contributed by atoms with Gasteiger partial charge >= 0.3 is 12.5 Å². The Morgan fingerprint density at radius 1 is 0.818 bits per heavy atom. The summed E-state index contributed by atoms with van der Waals surface area (Å²) in [6.07, 6.45) is -3.45. The number of rotatable bonds is 19. The molecular weight excluding hydrogens is 864 g/mol. The molecule has 1 unspecified atom stereocenters. The first-order valence-corrected chi connectivity index (χ1v) is 22.0. The second-order valence-corrected chi connectivity index (χ2v) is 17.6. The fourth-order valence-corrected chi connectivity index (χ4v) is 8.15. The molecule has 66 heavy (non-hydrogen) atoms. The number of alkyl halides is 3. The zero-order chi connectivity index (χ0) is 48.1. The van der Waals surface area contributed by atoms with Crippen LogP contribution in [0.2, 0.25) is 0 Å². The van der Waals surface area contributed by atoms with Crippen LogP contribution >= 0.6 is 0 Å². The van der Waals surface area contributed by atoms with Gasteiger partial charge < -0.3 is 46.4 Å². The lowest BCUT2D eigenvalue weighted by Gasteiger charge is -2.31. The number of fused-ring (bicyclic) bond motifs is 1. The molecule has 3 heterocycles. The van der Waals surface area contributed by atoms with Gasteiger partial charge in [0.05, 0.1) is 12.1 Å². The Labute approximate surface area is 380 Å². The van der Waals surface area contributed by atoms with Crippen molar-refractivity contribution in [2.75, 3.05) is 13.1 Å².